The Labute approximate surface area is 123 Å². The summed E-state index contributed by atoms with van der Waals surface area (Å²) in [6.45, 7) is 7.91. The second kappa shape index (κ2) is 4.68. The molecule has 21 heavy (non-hydrogen) atoms. The van der Waals surface area contributed by atoms with E-state index in [4.69, 9.17) is 13.7 Å². The van der Waals surface area contributed by atoms with Crippen LogP contribution in [-0.4, -0.2) is 41.3 Å². The molecule has 0 aliphatic carbocycles. The molecule has 0 saturated carbocycles. The average molecular weight is 289 g/mol. The number of nitrogens with zero attached hydrogens (tertiary/aromatic N) is 3. The van der Waals surface area contributed by atoms with Crippen molar-refractivity contribution >= 4 is 0 Å². The zero-order valence-corrected chi connectivity index (χ0v) is 12.3. The first-order valence-electron chi connectivity index (χ1n) is 7.32. The molecule has 0 spiro atoms. The molecule has 0 aromatic carbocycles. The van der Waals surface area contributed by atoms with Crippen molar-refractivity contribution in [3.63, 3.8) is 0 Å². The molecule has 2 aliphatic rings. The van der Waals surface area contributed by atoms with Crippen LogP contribution in [0.1, 0.15) is 23.2 Å². The van der Waals surface area contributed by atoms with E-state index in [1.165, 1.54) is 0 Å². The van der Waals surface area contributed by atoms with Crippen molar-refractivity contribution in [3.8, 4) is 0 Å². The summed E-state index contributed by atoms with van der Waals surface area (Å²) >= 11 is 0. The van der Waals surface area contributed by atoms with E-state index >= 15 is 0 Å². The Kier molecular flexibility index (Phi) is 2.90. The third-order valence-electron chi connectivity index (χ3n) is 4.57. The number of likely N-dealkylation sites (tertiary alicyclic amines) is 1. The Hall–Kier alpha value is -1.66. The van der Waals surface area contributed by atoms with E-state index in [2.05, 4.69) is 15.0 Å². The number of aromatic nitrogens is 2. The number of hydrogen-bond acceptors (Lipinski definition) is 6. The lowest BCUT2D eigenvalue weighted by molar-refractivity contribution is 0.135. The molecule has 0 N–H and O–H groups in total. The highest BCUT2D eigenvalue weighted by Crippen LogP contribution is 2.43. The molecule has 2 aromatic rings. The van der Waals surface area contributed by atoms with Crippen molar-refractivity contribution in [3.05, 3.63) is 35.4 Å². The highest BCUT2D eigenvalue weighted by Gasteiger charge is 2.55. The third-order valence-corrected chi connectivity index (χ3v) is 4.57. The maximum atomic E-state index is 5.70. The van der Waals surface area contributed by atoms with Crippen molar-refractivity contribution in [2.45, 2.75) is 25.8 Å². The van der Waals surface area contributed by atoms with Gasteiger partial charge >= 0.3 is 0 Å². The van der Waals surface area contributed by atoms with Crippen molar-refractivity contribution in [1.82, 2.24) is 15.0 Å². The number of furan rings is 1. The molecular weight excluding hydrogens is 270 g/mol. The van der Waals surface area contributed by atoms with Crippen molar-refractivity contribution in [2.24, 2.45) is 5.92 Å². The molecule has 0 unspecified atom stereocenters. The first-order valence-corrected chi connectivity index (χ1v) is 7.32. The normalized spacial score (nSPS) is 29.1. The molecule has 0 amide bonds. The zero-order chi connectivity index (χ0) is 14.4. The smallest absolute Gasteiger partial charge is 0.236 e. The lowest BCUT2D eigenvalue weighted by atomic mass is 9.81. The SMILES string of the molecule is Cc1noc([C@@]23COC[C@@H]2CN(Cc2ccc(C)o2)C3)n1. The Balaban J connectivity index is 1.57. The fourth-order valence-electron chi connectivity index (χ4n) is 3.55. The van der Waals surface area contributed by atoms with E-state index in [0.717, 1.165) is 43.7 Å². The molecule has 6 heteroatoms. The number of aryl methyl sites for hydroxylation is 2. The fraction of sp³-hybridized carbons (Fsp3) is 0.600. The van der Waals surface area contributed by atoms with E-state index in [1.807, 2.05) is 26.0 Å². The molecular formula is C15H19N3O3. The summed E-state index contributed by atoms with van der Waals surface area (Å²) in [5.74, 6) is 3.78. The minimum absolute atomic E-state index is 0.150. The molecule has 2 saturated heterocycles. The second-order valence-corrected chi connectivity index (χ2v) is 6.20. The summed E-state index contributed by atoms with van der Waals surface area (Å²) in [7, 11) is 0. The standard InChI is InChI=1S/C15H19N3O3/c1-10-3-4-13(20-10)6-18-5-12-7-19-9-15(12,8-18)14-16-11(2)17-21-14/h3-4,12H,5-9H2,1-2H3/t12-,15-/m0/s1. The topological polar surface area (TPSA) is 64.5 Å². The lowest BCUT2D eigenvalue weighted by Crippen LogP contribution is -2.35. The van der Waals surface area contributed by atoms with Crippen LogP contribution >= 0.6 is 0 Å². The summed E-state index contributed by atoms with van der Waals surface area (Å²) in [6, 6.07) is 4.05. The molecule has 0 bridgehead atoms. The van der Waals surface area contributed by atoms with Gasteiger partial charge in [-0.25, -0.2) is 0 Å². The van der Waals surface area contributed by atoms with Gasteiger partial charge in [0.15, 0.2) is 5.82 Å². The van der Waals surface area contributed by atoms with Crippen LogP contribution < -0.4 is 0 Å². The predicted molar refractivity (Wildman–Crippen MR) is 73.7 cm³/mol. The van der Waals surface area contributed by atoms with Gasteiger partial charge in [-0.15, -0.1) is 0 Å². The number of ether oxygens (including phenoxy) is 1. The maximum absolute atomic E-state index is 5.70. The van der Waals surface area contributed by atoms with Crippen LogP contribution in [0.3, 0.4) is 0 Å². The van der Waals surface area contributed by atoms with Gasteiger partial charge in [-0.1, -0.05) is 5.16 Å². The van der Waals surface area contributed by atoms with Crippen LogP contribution in [0.2, 0.25) is 0 Å². The van der Waals surface area contributed by atoms with Gasteiger partial charge in [0.25, 0.3) is 0 Å². The molecule has 2 atom stereocenters. The second-order valence-electron chi connectivity index (χ2n) is 6.20. The van der Waals surface area contributed by atoms with E-state index in [9.17, 15) is 0 Å². The first kappa shape index (κ1) is 13.0. The molecule has 0 radical (unpaired) electrons. The van der Waals surface area contributed by atoms with Gasteiger partial charge in [0, 0.05) is 19.0 Å². The van der Waals surface area contributed by atoms with Crippen LogP contribution in [0.5, 0.6) is 0 Å². The van der Waals surface area contributed by atoms with E-state index in [0.29, 0.717) is 18.3 Å². The van der Waals surface area contributed by atoms with Gasteiger partial charge in [0.2, 0.25) is 5.89 Å². The van der Waals surface area contributed by atoms with E-state index in [1.54, 1.807) is 0 Å². The Morgan fingerprint density at radius 2 is 2.29 bits per heavy atom. The van der Waals surface area contributed by atoms with Crippen molar-refractivity contribution in [2.75, 3.05) is 26.3 Å². The minimum atomic E-state index is -0.150. The summed E-state index contributed by atoms with van der Waals surface area (Å²) in [5, 5.41) is 3.95. The van der Waals surface area contributed by atoms with Crippen molar-refractivity contribution < 1.29 is 13.7 Å². The summed E-state index contributed by atoms with van der Waals surface area (Å²) in [4.78, 5) is 6.86. The highest BCUT2D eigenvalue weighted by atomic mass is 16.5. The lowest BCUT2D eigenvalue weighted by Gasteiger charge is -2.22. The minimum Gasteiger partial charge on any atom is -0.465 e. The van der Waals surface area contributed by atoms with E-state index < -0.39 is 0 Å². The quantitative estimate of drug-likeness (QED) is 0.856. The Bertz CT molecular complexity index is 650. The largest absolute Gasteiger partial charge is 0.465 e. The fourth-order valence-corrected chi connectivity index (χ4v) is 3.55. The van der Waals surface area contributed by atoms with Gasteiger partial charge in [-0.05, 0) is 26.0 Å². The molecule has 2 fully saturated rings. The predicted octanol–water partition coefficient (Wildman–Crippen LogP) is 1.68. The number of rotatable bonds is 3. The molecule has 2 aliphatic heterocycles. The molecule has 4 rings (SSSR count). The molecule has 6 nitrogen and oxygen atoms in total. The van der Waals surface area contributed by atoms with E-state index in [-0.39, 0.29) is 5.41 Å². The summed E-state index contributed by atoms with van der Waals surface area (Å²) in [6.07, 6.45) is 0. The molecule has 2 aromatic heterocycles. The van der Waals surface area contributed by atoms with Crippen LogP contribution in [0, 0.1) is 19.8 Å². The van der Waals surface area contributed by atoms with Crippen LogP contribution in [-0.2, 0) is 16.7 Å². The van der Waals surface area contributed by atoms with Gasteiger partial charge in [0.05, 0.1) is 25.2 Å². The van der Waals surface area contributed by atoms with Gasteiger partial charge < -0.3 is 13.7 Å². The molecule has 112 valence electrons. The monoisotopic (exact) mass is 289 g/mol. The number of hydrogen-bond donors (Lipinski definition) is 0. The third kappa shape index (κ3) is 2.10. The number of fused-ring (bicyclic) bond motifs is 1. The van der Waals surface area contributed by atoms with Gasteiger partial charge in [-0.3, -0.25) is 4.90 Å². The van der Waals surface area contributed by atoms with Gasteiger partial charge in [-0.2, -0.15) is 4.98 Å². The van der Waals surface area contributed by atoms with Crippen LogP contribution in [0.4, 0.5) is 0 Å². The maximum Gasteiger partial charge on any atom is 0.236 e. The summed E-state index contributed by atoms with van der Waals surface area (Å²) in [5.41, 5.74) is -0.150. The highest BCUT2D eigenvalue weighted by molar-refractivity contribution is 5.17. The molecule has 4 heterocycles. The average Bonchev–Trinajstić information content (AvgIpc) is 3.14. The van der Waals surface area contributed by atoms with Crippen LogP contribution in [0.15, 0.2) is 21.1 Å². The summed E-state index contributed by atoms with van der Waals surface area (Å²) < 4.78 is 16.9. The first-order chi connectivity index (χ1) is 10.2. The van der Waals surface area contributed by atoms with Crippen LogP contribution in [0.25, 0.3) is 0 Å². The Morgan fingerprint density at radius 3 is 3.00 bits per heavy atom. The van der Waals surface area contributed by atoms with Crippen molar-refractivity contribution in [1.29, 1.82) is 0 Å². The van der Waals surface area contributed by atoms with Gasteiger partial charge in [0.1, 0.15) is 11.5 Å². The Morgan fingerprint density at radius 1 is 1.38 bits per heavy atom. The zero-order valence-electron chi connectivity index (χ0n) is 12.3.